The van der Waals surface area contributed by atoms with Gasteiger partial charge in [-0.3, -0.25) is 4.79 Å². The molecule has 0 amide bonds. The van der Waals surface area contributed by atoms with E-state index in [0.29, 0.717) is 23.7 Å². The zero-order valence-electron chi connectivity index (χ0n) is 21.0. The third-order valence-corrected chi connectivity index (χ3v) is 6.70. The number of para-hydroxylation sites is 1. The van der Waals surface area contributed by atoms with Crippen molar-refractivity contribution in [2.45, 2.75) is 52.7 Å². The van der Waals surface area contributed by atoms with Gasteiger partial charge in [0, 0.05) is 17.5 Å². The number of methoxy groups -OCH3 is 1. The van der Waals surface area contributed by atoms with Gasteiger partial charge in [-0.15, -0.1) is 0 Å². The third-order valence-electron chi connectivity index (χ3n) is 6.70. The number of unbranched alkanes of at least 4 members (excludes halogenated alkanes) is 1. The van der Waals surface area contributed by atoms with Crippen molar-refractivity contribution >= 4 is 10.9 Å². The molecular weight excluding hydrogens is 434 g/mol. The molecule has 0 aliphatic carbocycles. The first-order valence-corrected chi connectivity index (χ1v) is 12.6. The molecule has 4 nitrogen and oxygen atoms in total. The van der Waals surface area contributed by atoms with Crippen molar-refractivity contribution in [1.29, 1.82) is 0 Å². The van der Waals surface area contributed by atoms with Gasteiger partial charge in [-0.25, -0.2) is 0 Å². The summed E-state index contributed by atoms with van der Waals surface area (Å²) in [4.78, 5) is 13.8. The topological polar surface area (TPSA) is 40.5 Å². The average Bonchev–Trinajstić information content (AvgIpc) is 2.92. The van der Waals surface area contributed by atoms with Crippen molar-refractivity contribution in [3.63, 3.8) is 0 Å². The van der Waals surface area contributed by atoms with Crippen LogP contribution in [-0.2, 0) is 13.2 Å². The molecule has 4 aromatic rings. The molecule has 3 aromatic carbocycles. The van der Waals surface area contributed by atoms with Gasteiger partial charge >= 0.3 is 0 Å². The fourth-order valence-corrected chi connectivity index (χ4v) is 4.63. The second-order valence-electron chi connectivity index (χ2n) is 9.05. The zero-order chi connectivity index (χ0) is 24.6. The van der Waals surface area contributed by atoms with E-state index in [1.54, 1.807) is 7.11 Å². The molecule has 0 aliphatic rings. The van der Waals surface area contributed by atoms with Gasteiger partial charge in [-0.1, -0.05) is 87.7 Å². The lowest BCUT2D eigenvalue weighted by Crippen LogP contribution is -2.20. The van der Waals surface area contributed by atoms with Crippen LogP contribution >= 0.6 is 0 Å². The van der Waals surface area contributed by atoms with E-state index in [1.165, 1.54) is 19.3 Å². The lowest BCUT2D eigenvalue weighted by Gasteiger charge is -2.24. The number of rotatable bonds is 11. The first-order valence-electron chi connectivity index (χ1n) is 12.6. The number of benzene rings is 3. The van der Waals surface area contributed by atoms with Gasteiger partial charge in [0.05, 0.1) is 18.3 Å². The summed E-state index contributed by atoms with van der Waals surface area (Å²) < 4.78 is 13.9. The molecule has 1 aromatic heterocycles. The molecule has 182 valence electrons. The Morgan fingerprint density at radius 2 is 1.60 bits per heavy atom. The van der Waals surface area contributed by atoms with Crippen molar-refractivity contribution < 1.29 is 9.47 Å². The summed E-state index contributed by atoms with van der Waals surface area (Å²) in [5.74, 6) is 1.73. The van der Waals surface area contributed by atoms with Crippen LogP contribution in [-0.4, -0.2) is 11.7 Å². The Kier molecular flexibility index (Phi) is 8.25. The van der Waals surface area contributed by atoms with Gasteiger partial charge in [0.25, 0.3) is 0 Å². The maximum absolute atomic E-state index is 13.8. The highest BCUT2D eigenvalue weighted by atomic mass is 16.5. The lowest BCUT2D eigenvalue weighted by atomic mass is 9.97. The molecular formula is C31H35NO3. The highest BCUT2D eigenvalue weighted by Crippen LogP contribution is 2.33. The second-order valence-corrected chi connectivity index (χ2v) is 9.05. The maximum Gasteiger partial charge on any atom is 0.231 e. The molecule has 0 saturated carbocycles. The first-order chi connectivity index (χ1) is 17.2. The minimum atomic E-state index is -0.0641. The Hall–Kier alpha value is -3.53. The van der Waals surface area contributed by atoms with Gasteiger partial charge < -0.3 is 14.0 Å². The van der Waals surface area contributed by atoms with Gasteiger partial charge in [-0.05, 0) is 42.2 Å². The molecule has 0 fully saturated rings. The van der Waals surface area contributed by atoms with Crippen LogP contribution < -0.4 is 14.9 Å². The van der Waals surface area contributed by atoms with Crippen LogP contribution in [0.2, 0.25) is 0 Å². The van der Waals surface area contributed by atoms with Gasteiger partial charge in [0.1, 0.15) is 12.4 Å². The Balaban J connectivity index is 1.86. The third kappa shape index (κ3) is 5.59. The van der Waals surface area contributed by atoms with E-state index < -0.39 is 0 Å². The molecule has 0 bridgehead atoms. The SMILES string of the molecule is CCCCC(CC)Cn1c(-c2ccccc2)c(OCc2ccc(OC)cc2)c(=O)c2ccccc21. The second kappa shape index (κ2) is 11.7. The van der Waals surface area contributed by atoms with Crippen molar-refractivity contribution in [2.75, 3.05) is 7.11 Å². The first kappa shape index (κ1) is 24.6. The Morgan fingerprint density at radius 1 is 0.886 bits per heavy atom. The lowest BCUT2D eigenvalue weighted by molar-refractivity contribution is 0.301. The molecule has 1 atom stereocenters. The van der Waals surface area contributed by atoms with Crippen LogP contribution in [0.15, 0.2) is 83.7 Å². The van der Waals surface area contributed by atoms with E-state index >= 15 is 0 Å². The minimum Gasteiger partial charge on any atom is -0.497 e. The van der Waals surface area contributed by atoms with Gasteiger partial charge in [-0.2, -0.15) is 0 Å². The number of aromatic nitrogens is 1. The molecule has 4 rings (SSSR count). The molecule has 0 spiro atoms. The summed E-state index contributed by atoms with van der Waals surface area (Å²) in [5.41, 5.74) is 3.73. The molecule has 0 N–H and O–H groups in total. The van der Waals surface area contributed by atoms with E-state index in [0.717, 1.165) is 41.1 Å². The van der Waals surface area contributed by atoms with E-state index in [2.05, 4.69) is 36.6 Å². The summed E-state index contributed by atoms with van der Waals surface area (Å²) in [6.45, 7) is 5.65. The monoisotopic (exact) mass is 469 g/mol. The Bertz CT molecular complexity index is 1290. The Morgan fingerprint density at radius 3 is 2.29 bits per heavy atom. The highest BCUT2D eigenvalue weighted by Gasteiger charge is 2.21. The largest absolute Gasteiger partial charge is 0.497 e. The molecule has 1 unspecified atom stereocenters. The van der Waals surface area contributed by atoms with Crippen LogP contribution in [0.3, 0.4) is 0 Å². The molecule has 35 heavy (non-hydrogen) atoms. The van der Waals surface area contributed by atoms with Gasteiger partial charge in [0.15, 0.2) is 5.75 Å². The molecule has 1 heterocycles. The van der Waals surface area contributed by atoms with E-state index in [9.17, 15) is 4.79 Å². The average molecular weight is 470 g/mol. The van der Waals surface area contributed by atoms with Crippen molar-refractivity contribution in [3.05, 3.63) is 94.6 Å². The molecule has 0 radical (unpaired) electrons. The summed E-state index contributed by atoms with van der Waals surface area (Å²) in [6, 6.07) is 25.8. The minimum absolute atomic E-state index is 0.0641. The van der Waals surface area contributed by atoms with Crippen LogP contribution in [0.4, 0.5) is 0 Å². The van der Waals surface area contributed by atoms with Crippen LogP contribution in [0.25, 0.3) is 22.2 Å². The highest BCUT2D eigenvalue weighted by molar-refractivity contribution is 5.86. The fourth-order valence-electron chi connectivity index (χ4n) is 4.63. The number of hydrogen-bond acceptors (Lipinski definition) is 3. The van der Waals surface area contributed by atoms with E-state index in [4.69, 9.17) is 9.47 Å². The standard InChI is InChI=1S/C31H35NO3/c1-4-6-12-23(5-2)21-32-28-16-11-10-15-27(28)30(33)31(29(32)25-13-8-7-9-14-25)35-22-24-17-19-26(34-3)20-18-24/h7-11,13-20,23H,4-6,12,21-22H2,1-3H3. The predicted octanol–water partition coefficient (Wildman–Crippen LogP) is 7.47. The van der Waals surface area contributed by atoms with Crippen molar-refractivity contribution in [3.8, 4) is 22.8 Å². The number of hydrogen-bond donors (Lipinski definition) is 0. The van der Waals surface area contributed by atoms with Crippen molar-refractivity contribution in [1.82, 2.24) is 4.57 Å². The smallest absolute Gasteiger partial charge is 0.231 e. The predicted molar refractivity (Wildman–Crippen MR) is 144 cm³/mol. The molecule has 0 saturated heterocycles. The zero-order valence-corrected chi connectivity index (χ0v) is 21.0. The maximum atomic E-state index is 13.8. The summed E-state index contributed by atoms with van der Waals surface area (Å²) in [6.07, 6.45) is 4.65. The fraction of sp³-hybridized carbons (Fsp3) is 0.323. The molecule has 4 heteroatoms. The normalized spacial score (nSPS) is 12.0. The Labute approximate surface area is 208 Å². The summed E-state index contributed by atoms with van der Waals surface area (Å²) in [7, 11) is 1.65. The summed E-state index contributed by atoms with van der Waals surface area (Å²) >= 11 is 0. The molecule has 0 aliphatic heterocycles. The summed E-state index contributed by atoms with van der Waals surface area (Å²) in [5, 5.41) is 0.697. The van der Waals surface area contributed by atoms with Gasteiger partial charge in [0.2, 0.25) is 5.43 Å². The number of nitrogens with zero attached hydrogens (tertiary/aromatic N) is 1. The number of pyridine rings is 1. The van der Waals surface area contributed by atoms with Crippen LogP contribution in [0, 0.1) is 5.92 Å². The van der Waals surface area contributed by atoms with Crippen molar-refractivity contribution in [2.24, 2.45) is 5.92 Å². The van der Waals surface area contributed by atoms with Crippen LogP contribution in [0.1, 0.15) is 45.1 Å². The van der Waals surface area contributed by atoms with Crippen LogP contribution in [0.5, 0.6) is 11.5 Å². The number of fused-ring (bicyclic) bond motifs is 1. The number of ether oxygens (including phenoxy) is 2. The quantitative estimate of drug-likeness (QED) is 0.229. The van der Waals surface area contributed by atoms with E-state index in [-0.39, 0.29) is 5.43 Å². The van der Waals surface area contributed by atoms with E-state index in [1.807, 2.05) is 60.7 Å².